The van der Waals surface area contributed by atoms with Crippen molar-refractivity contribution in [2.24, 2.45) is 0 Å². The van der Waals surface area contributed by atoms with E-state index in [1.165, 1.54) is 4.40 Å². The van der Waals surface area contributed by atoms with Gasteiger partial charge in [0.25, 0.3) is 0 Å². The molecule has 2 heterocycles. The molecule has 0 saturated carbocycles. The summed E-state index contributed by atoms with van der Waals surface area (Å²) >= 11 is 6.04. The van der Waals surface area contributed by atoms with E-state index in [1.54, 1.807) is 24.3 Å². The van der Waals surface area contributed by atoms with Gasteiger partial charge >= 0.3 is 12.1 Å². The Morgan fingerprint density at radius 2 is 1.89 bits per heavy atom. The third-order valence-corrected chi connectivity index (χ3v) is 4.58. The van der Waals surface area contributed by atoms with Crippen LogP contribution in [0.1, 0.15) is 52.6 Å². The van der Waals surface area contributed by atoms with Gasteiger partial charge in [0.05, 0.1) is 27.5 Å². The summed E-state index contributed by atoms with van der Waals surface area (Å²) in [4.78, 5) is 16.7. The van der Waals surface area contributed by atoms with Gasteiger partial charge in [-0.05, 0) is 31.0 Å². The van der Waals surface area contributed by atoms with Gasteiger partial charge in [0.15, 0.2) is 5.65 Å². The van der Waals surface area contributed by atoms with Crippen molar-refractivity contribution in [3.63, 3.8) is 0 Å². The fourth-order valence-corrected chi connectivity index (χ4v) is 3.09. The largest absolute Gasteiger partial charge is 0.456 e. The number of imidazole rings is 1. The van der Waals surface area contributed by atoms with Crippen molar-refractivity contribution in [2.45, 2.75) is 39.5 Å². The zero-order chi connectivity index (χ0) is 20.6. The number of ether oxygens (including phenoxy) is 1. The van der Waals surface area contributed by atoms with Crippen molar-refractivity contribution in [1.29, 1.82) is 0 Å². The third kappa shape index (κ3) is 3.99. The number of alkyl halides is 3. The number of carbonyl (C=O) groups excluding carboxylic acids is 1. The van der Waals surface area contributed by atoms with Gasteiger partial charge in [0, 0.05) is 6.20 Å². The lowest BCUT2D eigenvalue weighted by Gasteiger charge is -2.11. The van der Waals surface area contributed by atoms with E-state index in [1.807, 2.05) is 20.8 Å². The number of halogens is 4. The fraction of sp³-hybridized carbons (Fsp3) is 0.300. The van der Waals surface area contributed by atoms with Crippen LogP contribution in [0.5, 0.6) is 0 Å². The molecular formula is C20H18ClF3N2O2. The summed E-state index contributed by atoms with van der Waals surface area (Å²) in [5, 5.41) is -0.118. The Kier molecular flexibility index (Phi) is 5.39. The van der Waals surface area contributed by atoms with Gasteiger partial charge in [0.1, 0.15) is 6.61 Å². The van der Waals surface area contributed by atoms with Crippen molar-refractivity contribution >= 4 is 23.2 Å². The Hall–Kier alpha value is -2.54. The van der Waals surface area contributed by atoms with E-state index in [2.05, 4.69) is 4.98 Å². The molecule has 0 N–H and O–H groups in total. The van der Waals surface area contributed by atoms with Crippen molar-refractivity contribution in [2.75, 3.05) is 0 Å². The normalized spacial score (nSPS) is 12.0. The number of pyridine rings is 1. The lowest BCUT2D eigenvalue weighted by Crippen LogP contribution is -2.10. The topological polar surface area (TPSA) is 43.6 Å². The maximum atomic E-state index is 13.2. The number of aryl methyl sites for hydroxylation is 1. The van der Waals surface area contributed by atoms with Crippen LogP contribution in [0.25, 0.3) is 5.65 Å². The highest BCUT2D eigenvalue weighted by atomic mass is 35.5. The molecule has 0 spiro atoms. The molecule has 0 unspecified atom stereocenters. The minimum Gasteiger partial charge on any atom is -0.456 e. The second-order valence-corrected chi connectivity index (χ2v) is 7.22. The molecule has 0 bridgehead atoms. The Bertz CT molecular complexity index is 1020. The summed E-state index contributed by atoms with van der Waals surface area (Å²) in [6.07, 6.45) is -3.63. The van der Waals surface area contributed by atoms with E-state index >= 15 is 0 Å². The van der Waals surface area contributed by atoms with Crippen molar-refractivity contribution < 1.29 is 22.7 Å². The molecule has 3 rings (SSSR count). The molecule has 0 aliphatic rings. The SMILES string of the molecule is Cc1ccc(C(=O)OCc2c(C(C)C)nc3c(Cl)cc(C(F)(F)F)cn23)cc1. The van der Waals surface area contributed by atoms with E-state index in [4.69, 9.17) is 16.3 Å². The second-order valence-electron chi connectivity index (χ2n) is 6.81. The standard InChI is InChI=1S/C20H18ClF3N2O2/c1-11(2)17-16(10-28-19(27)13-6-4-12(3)5-7-13)26-9-14(20(22,23)24)8-15(21)18(26)25-17/h4-9,11H,10H2,1-3H3. The van der Waals surface area contributed by atoms with Crippen LogP contribution >= 0.6 is 11.6 Å². The molecule has 3 aromatic rings. The number of carbonyl (C=O) groups is 1. The monoisotopic (exact) mass is 410 g/mol. The summed E-state index contributed by atoms with van der Waals surface area (Å²) in [5.41, 5.74) is 1.54. The minimum absolute atomic E-state index is 0.0987. The number of nitrogens with zero attached hydrogens (tertiary/aromatic N) is 2. The number of benzene rings is 1. The predicted molar refractivity (Wildman–Crippen MR) is 99.6 cm³/mol. The molecule has 0 atom stereocenters. The van der Waals surface area contributed by atoms with Crippen molar-refractivity contribution in [1.82, 2.24) is 9.38 Å². The number of hydrogen-bond acceptors (Lipinski definition) is 3. The molecule has 0 amide bonds. The molecule has 4 nitrogen and oxygen atoms in total. The predicted octanol–water partition coefficient (Wildman–Crippen LogP) is 5.80. The molecule has 0 aliphatic carbocycles. The Balaban J connectivity index is 2.00. The second kappa shape index (κ2) is 7.47. The van der Waals surface area contributed by atoms with E-state index in [9.17, 15) is 18.0 Å². The van der Waals surface area contributed by atoms with Crippen LogP contribution in [0, 0.1) is 6.92 Å². The first-order valence-corrected chi connectivity index (χ1v) is 8.97. The highest BCUT2D eigenvalue weighted by Crippen LogP contribution is 2.34. The maximum Gasteiger partial charge on any atom is 0.417 e. The van der Waals surface area contributed by atoms with Gasteiger partial charge in [-0.3, -0.25) is 4.40 Å². The van der Waals surface area contributed by atoms with Gasteiger partial charge in [-0.2, -0.15) is 13.2 Å². The average molecular weight is 411 g/mol. The van der Waals surface area contributed by atoms with Crippen LogP contribution in [-0.4, -0.2) is 15.4 Å². The van der Waals surface area contributed by atoms with Gasteiger partial charge in [-0.1, -0.05) is 43.1 Å². The number of hydrogen-bond donors (Lipinski definition) is 0. The molecular weight excluding hydrogens is 393 g/mol. The van der Waals surface area contributed by atoms with E-state index in [0.29, 0.717) is 17.0 Å². The smallest absolute Gasteiger partial charge is 0.417 e. The number of esters is 1. The highest BCUT2D eigenvalue weighted by molar-refractivity contribution is 6.33. The van der Waals surface area contributed by atoms with Crippen molar-refractivity contribution in [3.8, 4) is 0 Å². The minimum atomic E-state index is -4.56. The highest BCUT2D eigenvalue weighted by Gasteiger charge is 2.32. The fourth-order valence-electron chi connectivity index (χ4n) is 2.84. The Labute approximate surface area is 164 Å². The molecule has 28 heavy (non-hydrogen) atoms. The van der Waals surface area contributed by atoms with Crippen LogP contribution in [-0.2, 0) is 17.5 Å². The summed E-state index contributed by atoms with van der Waals surface area (Å²) in [5.74, 6) is -0.666. The lowest BCUT2D eigenvalue weighted by molar-refractivity contribution is -0.137. The van der Waals surface area contributed by atoms with Crippen LogP contribution < -0.4 is 0 Å². The third-order valence-electron chi connectivity index (χ3n) is 4.31. The van der Waals surface area contributed by atoms with E-state index < -0.39 is 17.7 Å². The molecule has 8 heteroatoms. The first-order valence-electron chi connectivity index (χ1n) is 8.59. The van der Waals surface area contributed by atoms with E-state index in [-0.39, 0.29) is 23.2 Å². The van der Waals surface area contributed by atoms with E-state index in [0.717, 1.165) is 17.8 Å². The molecule has 0 aliphatic heterocycles. The van der Waals surface area contributed by atoms with Crippen LogP contribution in [0.15, 0.2) is 36.5 Å². The summed E-state index contributed by atoms with van der Waals surface area (Å²) < 4.78 is 46.2. The molecule has 148 valence electrons. The Morgan fingerprint density at radius 3 is 2.46 bits per heavy atom. The molecule has 0 fully saturated rings. The van der Waals surface area contributed by atoms with Gasteiger partial charge in [-0.15, -0.1) is 0 Å². The molecule has 0 saturated heterocycles. The number of rotatable bonds is 4. The zero-order valence-electron chi connectivity index (χ0n) is 15.5. The quantitative estimate of drug-likeness (QED) is 0.511. The summed E-state index contributed by atoms with van der Waals surface area (Å²) in [6.45, 7) is 5.38. The lowest BCUT2D eigenvalue weighted by atomic mass is 10.1. The van der Waals surface area contributed by atoms with Crippen molar-refractivity contribution in [3.05, 3.63) is 69.6 Å². The summed E-state index contributed by atoms with van der Waals surface area (Å²) in [7, 11) is 0. The zero-order valence-corrected chi connectivity index (χ0v) is 16.2. The van der Waals surface area contributed by atoms with Gasteiger partial charge < -0.3 is 4.74 Å². The molecule has 1 aromatic carbocycles. The molecule has 0 radical (unpaired) electrons. The first kappa shape index (κ1) is 20.2. The van der Waals surface area contributed by atoms with Gasteiger partial charge in [-0.25, -0.2) is 9.78 Å². The van der Waals surface area contributed by atoms with Crippen LogP contribution in [0.3, 0.4) is 0 Å². The molecule has 2 aromatic heterocycles. The van der Waals surface area contributed by atoms with Crippen LogP contribution in [0.2, 0.25) is 5.02 Å². The number of aromatic nitrogens is 2. The van der Waals surface area contributed by atoms with Crippen LogP contribution in [0.4, 0.5) is 13.2 Å². The summed E-state index contributed by atoms with van der Waals surface area (Å²) in [6, 6.07) is 7.66. The Morgan fingerprint density at radius 1 is 1.25 bits per heavy atom. The number of fused-ring (bicyclic) bond motifs is 1. The van der Waals surface area contributed by atoms with Gasteiger partial charge in [0.2, 0.25) is 0 Å². The maximum absolute atomic E-state index is 13.2. The average Bonchev–Trinajstić information content (AvgIpc) is 2.99. The first-order chi connectivity index (χ1) is 13.1.